The molecule has 2 aromatic carbocycles. The molecule has 104 valence electrons. The van der Waals surface area contributed by atoms with Crippen molar-refractivity contribution in [2.45, 2.75) is 13.5 Å². The quantitative estimate of drug-likeness (QED) is 0.929. The van der Waals surface area contributed by atoms with Crippen molar-refractivity contribution in [2.24, 2.45) is 0 Å². The van der Waals surface area contributed by atoms with Crippen LogP contribution in [-0.2, 0) is 6.54 Å². The van der Waals surface area contributed by atoms with Crippen LogP contribution in [0.4, 0.5) is 0 Å². The highest BCUT2D eigenvalue weighted by Gasteiger charge is 2.13. The lowest BCUT2D eigenvalue weighted by atomic mass is 10.1. The molecule has 2 aromatic rings. The Bertz CT molecular complexity index is 640. The summed E-state index contributed by atoms with van der Waals surface area (Å²) in [6.07, 6.45) is 0. The lowest BCUT2D eigenvalue weighted by Gasteiger charge is -2.18. The maximum Gasteiger partial charge on any atom is 0.253 e. The second-order valence-corrected chi connectivity index (χ2v) is 5.65. The molecule has 0 saturated carbocycles. The van der Waals surface area contributed by atoms with Crippen molar-refractivity contribution in [3.05, 3.63) is 63.6 Å². The van der Waals surface area contributed by atoms with E-state index in [1.54, 1.807) is 30.1 Å². The van der Waals surface area contributed by atoms with Crippen LogP contribution in [0.1, 0.15) is 21.5 Å². The molecule has 0 saturated heterocycles. The van der Waals surface area contributed by atoms with Crippen LogP contribution in [0, 0.1) is 6.92 Å². The summed E-state index contributed by atoms with van der Waals surface area (Å²) in [5, 5.41) is 9.44. The highest BCUT2D eigenvalue weighted by Crippen LogP contribution is 2.19. The minimum Gasteiger partial charge on any atom is -0.508 e. The summed E-state index contributed by atoms with van der Waals surface area (Å²) in [6.45, 7) is 2.44. The Morgan fingerprint density at radius 3 is 2.65 bits per heavy atom. The SMILES string of the molecule is Cc1ccc(C(=O)N(C)Cc2cccc(O)c2)cc1Br. The molecule has 0 heterocycles. The summed E-state index contributed by atoms with van der Waals surface area (Å²) in [5.74, 6) is 0.162. The zero-order chi connectivity index (χ0) is 14.7. The van der Waals surface area contributed by atoms with Gasteiger partial charge in [-0.15, -0.1) is 0 Å². The molecule has 0 aliphatic rings. The Hall–Kier alpha value is -1.81. The van der Waals surface area contributed by atoms with Gasteiger partial charge in [-0.1, -0.05) is 34.1 Å². The average molecular weight is 334 g/mol. The highest BCUT2D eigenvalue weighted by atomic mass is 79.9. The fourth-order valence-corrected chi connectivity index (χ4v) is 2.33. The van der Waals surface area contributed by atoms with E-state index in [9.17, 15) is 9.90 Å². The van der Waals surface area contributed by atoms with Gasteiger partial charge in [-0.2, -0.15) is 0 Å². The standard InChI is InChI=1S/C16H16BrNO2/c1-11-6-7-13(9-15(11)17)16(20)18(2)10-12-4-3-5-14(19)8-12/h3-9,19H,10H2,1-2H3. The van der Waals surface area contributed by atoms with Gasteiger partial charge < -0.3 is 10.0 Å². The summed E-state index contributed by atoms with van der Waals surface area (Å²) in [6, 6.07) is 12.5. The molecule has 0 bridgehead atoms. The number of hydrogen-bond donors (Lipinski definition) is 1. The molecular formula is C16H16BrNO2. The maximum absolute atomic E-state index is 12.3. The smallest absolute Gasteiger partial charge is 0.253 e. The van der Waals surface area contributed by atoms with Crippen LogP contribution in [0.5, 0.6) is 5.75 Å². The topological polar surface area (TPSA) is 40.5 Å². The van der Waals surface area contributed by atoms with E-state index in [-0.39, 0.29) is 11.7 Å². The van der Waals surface area contributed by atoms with E-state index in [1.807, 2.05) is 31.2 Å². The molecule has 0 aromatic heterocycles. The van der Waals surface area contributed by atoms with Crippen molar-refractivity contribution in [3.63, 3.8) is 0 Å². The third kappa shape index (κ3) is 3.39. The molecule has 3 nitrogen and oxygen atoms in total. The van der Waals surface area contributed by atoms with Crippen molar-refractivity contribution >= 4 is 21.8 Å². The molecule has 0 fully saturated rings. The predicted molar refractivity (Wildman–Crippen MR) is 82.8 cm³/mol. The zero-order valence-electron chi connectivity index (χ0n) is 11.4. The van der Waals surface area contributed by atoms with Gasteiger partial charge in [0.05, 0.1) is 0 Å². The van der Waals surface area contributed by atoms with Gasteiger partial charge in [0.15, 0.2) is 0 Å². The van der Waals surface area contributed by atoms with Crippen LogP contribution in [0.2, 0.25) is 0 Å². The van der Waals surface area contributed by atoms with E-state index in [0.29, 0.717) is 12.1 Å². The molecular weight excluding hydrogens is 318 g/mol. The van der Waals surface area contributed by atoms with Crippen LogP contribution < -0.4 is 0 Å². The van der Waals surface area contributed by atoms with Gasteiger partial charge in [0.25, 0.3) is 5.91 Å². The number of benzene rings is 2. The van der Waals surface area contributed by atoms with Crippen LogP contribution in [0.3, 0.4) is 0 Å². The van der Waals surface area contributed by atoms with Crippen molar-refractivity contribution in [1.82, 2.24) is 4.90 Å². The number of nitrogens with zero attached hydrogens (tertiary/aromatic N) is 1. The molecule has 0 aliphatic carbocycles. The molecule has 0 radical (unpaired) electrons. The Kier molecular flexibility index (Phi) is 4.45. The fraction of sp³-hybridized carbons (Fsp3) is 0.188. The van der Waals surface area contributed by atoms with Gasteiger partial charge in [0.1, 0.15) is 5.75 Å². The first-order chi connectivity index (χ1) is 9.47. The van der Waals surface area contributed by atoms with Gasteiger partial charge in [0, 0.05) is 23.6 Å². The molecule has 20 heavy (non-hydrogen) atoms. The van der Waals surface area contributed by atoms with Gasteiger partial charge >= 0.3 is 0 Å². The van der Waals surface area contributed by atoms with Crippen molar-refractivity contribution in [1.29, 1.82) is 0 Å². The number of aryl methyl sites for hydroxylation is 1. The largest absolute Gasteiger partial charge is 0.508 e. The number of amides is 1. The maximum atomic E-state index is 12.3. The fourth-order valence-electron chi connectivity index (χ4n) is 1.95. The Balaban J connectivity index is 2.14. The number of phenols is 1. The number of phenolic OH excluding ortho intramolecular Hbond substituents is 1. The highest BCUT2D eigenvalue weighted by molar-refractivity contribution is 9.10. The number of rotatable bonds is 3. The minimum absolute atomic E-state index is 0.0472. The Morgan fingerprint density at radius 2 is 2.00 bits per heavy atom. The monoisotopic (exact) mass is 333 g/mol. The minimum atomic E-state index is -0.0472. The van der Waals surface area contributed by atoms with Gasteiger partial charge in [0.2, 0.25) is 0 Å². The van der Waals surface area contributed by atoms with Crippen molar-refractivity contribution in [3.8, 4) is 5.75 Å². The van der Waals surface area contributed by atoms with E-state index in [4.69, 9.17) is 0 Å². The molecule has 4 heteroatoms. The zero-order valence-corrected chi connectivity index (χ0v) is 13.0. The molecule has 0 unspecified atom stereocenters. The Morgan fingerprint density at radius 1 is 1.25 bits per heavy atom. The second kappa shape index (κ2) is 6.09. The lowest BCUT2D eigenvalue weighted by Crippen LogP contribution is -2.26. The van der Waals surface area contributed by atoms with Crippen LogP contribution in [-0.4, -0.2) is 23.0 Å². The predicted octanol–water partition coefficient (Wildman–Crippen LogP) is 3.74. The molecule has 1 N–H and O–H groups in total. The summed E-state index contributed by atoms with van der Waals surface area (Å²) < 4.78 is 0.925. The molecule has 0 atom stereocenters. The Labute approximate surface area is 127 Å². The molecule has 0 aliphatic heterocycles. The molecule has 0 spiro atoms. The van der Waals surface area contributed by atoms with Crippen LogP contribution >= 0.6 is 15.9 Å². The average Bonchev–Trinajstić information content (AvgIpc) is 2.41. The first kappa shape index (κ1) is 14.6. The number of halogens is 1. The second-order valence-electron chi connectivity index (χ2n) is 4.80. The number of aromatic hydroxyl groups is 1. The van der Waals surface area contributed by atoms with Crippen LogP contribution in [0.15, 0.2) is 46.9 Å². The summed E-state index contributed by atoms with van der Waals surface area (Å²) in [5.41, 5.74) is 2.63. The van der Waals surface area contributed by atoms with E-state index in [1.165, 1.54) is 0 Å². The van der Waals surface area contributed by atoms with E-state index < -0.39 is 0 Å². The van der Waals surface area contributed by atoms with Crippen molar-refractivity contribution in [2.75, 3.05) is 7.05 Å². The van der Waals surface area contributed by atoms with Gasteiger partial charge in [-0.25, -0.2) is 0 Å². The van der Waals surface area contributed by atoms with E-state index in [2.05, 4.69) is 15.9 Å². The number of hydrogen-bond acceptors (Lipinski definition) is 2. The van der Waals surface area contributed by atoms with Gasteiger partial charge in [-0.3, -0.25) is 4.79 Å². The first-order valence-corrected chi connectivity index (χ1v) is 7.06. The summed E-state index contributed by atoms with van der Waals surface area (Å²) in [7, 11) is 1.75. The summed E-state index contributed by atoms with van der Waals surface area (Å²) >= 11 is 3.44. The molecule has 2 rings (SSSR count). The van der Waals surface area contributed by atoms with E-state index in [0.717, 1.165) is 15.6 Å². The number of carbonyl (C=O) groups excluding carboxylic acids is 1. The normalized spacial score (nSPS) is 10.3. The number of carbonyl (C=O) groups is 1. The third-order valence-electron chi connectivity index (χ3n) is 3.10. The lowest BCUT2D eigenvalue weighted by molar-refractivity contribution is 0.0785. The van der Waals surface area contributed by atoms with Gasteiger partial charge in [-0.05, 0) is 42.3 Å². The third-order valence-corrected chi connectivity index (χ3v) is 3.95. The summed E-state index contributed by atoms with van der Waals surface area (Å²) in [4.78, 5) is 14.0. The van der Waals surface area contributed by atoms with Crippen LogP contribution in [0.25, 0.3) is 0 Å². The first-order valence-electron chi connectivity index (χ1n) is 6.27. The van der Waals surface area contributed by atoms with E-state index >= 15 is 0 Å². The molecule has 1 amide bonds. The van der Waals surface area contributed by atoms with Crippen molar-refractivity contribution < 1.29 is 9.90 Å².